The third-order valence-corrected chi connectivity index (χ3v) is 15.9. The molecule has 6 aromatic rings. The van der Waals surface area contributed by atoms with Crippen molar-refractivity contribution in [2.75, 3.05) is 5.75 Å². The fourth-order valence-corrected chi connectivity index (χ4v) is 12.9. The molecule has 0 saturated heterocycles. The Balaban J connectivity index is 0.941. The number of aromatic nitrogens is 3. The van der Waals surface area contributed by atoms with E-state index in [2.05, 4.69) is 169 Å². The molecule has 4 unspecified atom stereocenters. The van der Waals surface area contributed by atoms with Crippen molar-refractivity contribution in [2.24, 2.45) is 21.3 Å². The first-order chi connectivity index (χ1) is 34.1. The lowest BCUT2D eigenvalue weighted by Gasteiger charge is -2.61. The van der Waals surface area contributed by atoms with Crippen LogP contribution in [0.1, 0.15) is 54.4 Å². The number of ether oxygens (including phenoxy) is 1. The van der Waals surface area contributed by atoms with E-state index in [1.165, 1.54) is 26.5 Å². The minimum absolute atomic E-state index is 0.00659. The van der Waals surface area contributed by atoms with Crippen LogP contribution in [-0.2, 0) is 10.2 Å². The first-order valence-corrected chi connectivity index (χ1v) is 24.8. The summed E-state index contributed by atoms with van der Waals surface area (Å²) in [6, 6.07) is 46.7. The third kappa shape index (κ3) is 7.11. The SMILES string of the molecule is C1#CC2=C(CC=C1)C1(c3ccccc3SC[C@@]13C=CC=C(C1=NC(c4cccc(-c5nc(C6=CC=CCC6)nc(-c6ccccc6)n5)c4)N=C(c4ccccc4)N1)C3)C1C=c3ccccc3=CC1O2. The zero-order chi connectivity index (χ0) is 45.8. The topological polar surface area (TPSA) is 84.7 Å². The molecule has 0 fully saturated rings. The molecular weight excluding hydrogens is 865 g/mol. The Morgan fingerprint density at radius 3 is 2.23 bits per heavy atom. The molecule has 0 bridgehead atoms. The van der Waals surface area contributed by atoms with E-state index >= 15 is 0 Å². The fraction of sp³-hybridized carbons (Fsp3) is 0.164. The van der Waals surface area contributed by atoms with Gasteiger partial charge in [-0.1, -0.05) is 176 Å². The van der Waals surface area contributed by atoms with Crippen molar-refractivity contribution in [1.82, 2.24) is 20.3 Å². The van der Waals surface area contributed by atoms with Crippen molar-refractivity contribution < 1.29 is 4.74 Å². The Morgan fingerprint density at radius 2 is 1.39 bits per heavy atom. The highest BCUT2D eigenvalue weighted by Crippen LogP contribution is 2.67. The number of nitrogens with zero attached hydrogens (tertiary/aromatic N) is 5. The van der Waals surface area contributed by atoms with E-state index in [4.69, 9.17) is 29.7 Å². The molecule has 0 saturated carbocycles. The number of thioether (sulfide) groups is 1. The first-order valence-electron chi connectivity index (χ1n) is 23.8. The summed E-state index contributed by atoms with van der Waals surface area (Å²) in [6.45, 7) is 0. The molecule has 3 aliphatic heterocycles. The van der Waals surface area contributed by atoms with Crippen LogP contribution in [0, 0.1) is 23.2 Å². The molecule has 13 rings (SSSR count). The molecule has 8 heteroatoms. The fourth-order valence-electron chi connectivity index (χ4n) is 11.5. The smallest absolute Gasteiger partial charge is 0.171 e. The highest BCUT2D eigenvalue weighted by Gasteiger charge is 2.64. The Hall–Kier alpha value is -7.86. The Bertz CT molecular complexity index is 3550. The number of nitrogens with one attached hydrogen (secondary N) is 1. The second-order valence-electron chi connectivity index (χ2n) is 18.5. The molecule has 1 aromatic heterocycles. The van der Waals surface area contributed by atoms with Crippen LogP contribution in [0.25, 0.3) is 40.5 Å². The number of hydrogen-bond donors (Lipinski definition) is 1. The van der Waals surface area contributed by atoms with E-state index in [0.29, 0.717) is 17.5 Å². The van der Waals surface area contributed by atoms with Crippen molar-refractivity contribution in [1.29, 1.82) is 0 Å². The lowest BCUT2D eigenvalue weighted by Crippen LogP contribution is -2.61. The molecule has 69 heavy (non-hydrogen) atoms. The number of aliphatic imine (C=N–C) groups is 2. The van der Waals surface area contributed by atoms with Crippen LogP contribution in [0.4, 0.5) is 0 Å². The average Bonchev–Trinajstić information content (AvgIpc) is 3.67. The Kier molecular flexibility index (Phi) is 10.2. The van der Waals surface area contributed by atoms with Gasteiger partial charge in [-0.05, 0) is 94.2 Å². The van der Waals surface area contributed by atoms with E-state index in [0.717, 1.165) is 82.3 Å². The molecule has 7 nitrogen and oxygen atoms in total. The second-order valence-corrected chi connectivity index (χ2v) is 19.5. The van der Waals surface area contributed by atoms with E-state index in [1.807, 2.05) is 54.2 Å². The summed E-state index contributed by atoms with van der Waals surface area (Å²) >= 11 is 1.96. The molecule has 1 N–H and O–H groups in total. The predicted octanol–water partition coefficient (Wildman–Crippen LogP) is 10.8. The zero-order valence-corrected chi connectivity index (χ0v) is 38.6. The predicted molar refractivity (Wildman–Crippen MR) is 278 cm³/mol. The number of hydrogen-bond acceptors (Lipinski definition) is 8. The summed E-state index contributed by atoms with van der Waals surface area (Å²) < 4.78 is 7.05. The van der Waals surface area contributed by atoms with Crippen LogP contribution >= 0.6 is 11.8 Å². The Labute approximate surface area is 406 Å². The Morgan fingerprint density at radius 1 is 0.667 bits per heavy atom. The number of fused-ring (bicyclic) bond motifs is 7. The van der Waals surface area contributed by atoms with Gasteiger partial charge in [-0.25, -0.2) is 24.9 Å². The molecule has 2 spiro atoms. The van der Waals surface area contributed by atoms with Gasteiger partial charge >= 0.3 is 0 Å². The molecule has 5 aromatic carbocycles. The monoisotopic (exact) mass is 910 g/mol. The van der Waals surface area contributed by atoms with Crippen molar-refractivity contribution >= 4 is 41.2 Å². The third-order valence-electron chi connectivity index (χ3n) is 14.6. The van der Waals surface area contributed by atoms with Gasteiger partial charge in [-0.15, -0.1) is 11.8 Å². The van der Waals surface area contributed by atoms with Crippen molar-refractivity contribution in [3.8, 4) is 34.6 Å². The summed E-state index contributed by atoms with van der Waals surface area (Å²) in [5, 5.41) is 6.22. The van der Waals surface area contributed by atoms with E-state index in [1.54, 1.807) is 0 Å². The van der Waals surface area contributed by atoms with E-state index in [-0.39, 0.29) is 12.0 Å². The van der Waals surface area contributed by atoms with Gasteiger partial charge in [-0.3, -0.25) is 0 Å². The van der Waals surface area contributed by atoms with Crippen molar-refractivity contribution in [3.63, 3.8) is 0 Å². The van der Waals surface area contributed by atoms with Crippen LogP contribution in [-0.4, -0.2) is 38.5 Å². The van der Waals surface area contributed by atoms with Crippen LogP contribution in [0.2, 0.25) is 0 Å². The number of allylic oxidation sites excluding steroid dienone is 11. The summed E-state index contributed by atoms with van der Waals surface area (Å²) in [7, 11) is 0. The average molecular weight is 911 g/mol. The van der Waals surface area contributed by atoms with Gasteiger partial charge in [0.2, 0.25) is 0 Å². The zero-order valence-electron chi connectivity index (χ0n) is 37.8. The maximum Gasteiger partial charge on any atom is 0.171 e. The summed E-state index contributed by atoms with van der Waals surface area (Å²) in [6.07, 6.45) is 25.0. The number of rotatable bonds is 6. The van der Waals surface area contributed by atoms with Gasteiger partial charge in [0, 0.05) is 44.1 Å². The lowest BCUT2D eigenvalue weighted by atomic mass is 9.46. The summed E-state index contributed by atoms with van der Waals surface area (Å²) in [4.78, 5) is 27.4. The summed E-state index contributed by atoms with van der Waals surface area (Å²) in [5.41, 5.74) is 7.70. The molecule has 0 amide bonds. The van der Waals surface area contributed by atoms with E-state index < -0.39 is 17.0 Å². The molecule has 7 aliphatic rings. The molecule has 4 aliphatic carbocycles. The standard InChI is InChI=1S/C61H46N6OS/c1-5-19-40(20-6-1)54-62-55(41-21-7-2-8-22-41)64-57(63-54)45-27-17-28-46(35-45)58-65-56(42-23-9-3-10-24-42)66-59(67-58)47-29-18-34-60(38-47)39-69-53-33-16-15-31-49(53)61(60)48-30-11-4-12-32-51(48)68-52-37-44-26-14-13-25-43(44)36-50(52)61/h1-7,9-11,13-21,23-29,31,33-37,50,52,58H,8,22,30,38-39H2,(H,65,66,67)/t50?,52?,58?,60-,61?/m0/s1. The minimum atomic E-state index is -0.544. The van der Waals surface area contributed by atoms with Crippen LogP contribution in [0.3, 0.4) is 0 Å². The van der Waals surface area contributed by atoms with Gasteiger partial charge in [0.05, 0.1) is 0 Å². The van der Waals surface area contributed by atoms with Gasteiger partial charge in [0.25, 0.3) is 0 Å². The maximum atomic E-state index is 7.05. The van der Waals surface area contributed by atoms with Gasteiger partial charge in [-0.2, -0.15) is 0 Å². The lowest BCUT2D eigenvalue weighted by molar-refractivity contribution is 0.0387. The van der Waals surface area contributed by atoms with Gasteiger partial charge in [0.15, 0.2) is 29.4 Å². The molecule has 0 radical (unpaired) electrons. The maximum absolute atomic E-state index is 7.05. The largest absolute Gasteiger partial charge is 0.478 e. The normalized spacial score (nSPS) is 24.7. The molecular formula is C61H46N6OS. The van der Waals surface area contributed by atoms with Gasteiger partial charge in [0.1, 0.15) is 17.8 Å². The first kappa shape index (κ1) is 41.3. The minimum Gasteiger partial charge on any atom is -0.478 e. The second kappa shape index (κ2) is 17.0. The number of amidine groups is 2. The van der Waals surface area contributed by atoms with Crippen molar-refractivity contribution in [3.05, 3.63) is 232 Å². The van der Waals surface area contributed by atoms with Crippen LogP contribution < -0.4 is 15.8 Å². The molecule has 5 atom stereocenters. The van der Waals surface area contributed by atoms with Crippen molar-refractivity contribution in [2.45, 2.75) is 48.3 Å². The number of benzene rings is 5. The molecule has 332 valence electrons. The van der Waals surface area contributed by atoms with Gasteiger partial charge < -0.3 is 10.1 Å². The van der Waals surface area contributed by atoms with Crippen LogP contribution in [0.5, 0.6) is 0 Å². The quantitative estimate of drug-likeness (QED) is 0.168. The van der Waals surface area contributed by atoms with E-state index in [9.17, 15) is 0 Å². The van der Waals surface area contributed by atoms with Crippen LogP contribution in [0.15, 0.2) is 214 Å². The summed E-state index contributed by atoms with van der Waals surface area (Å²) in [5.74, 6) is 12.0. The highest BCUT2D eigenvalue weighted by atomic mass is 32.2. The molecule has 4 heterocycles. The highest BCUT2D eigenvalue weighted by molar-refractivity contribution is 7.99.